The lowest BCUT2D eigenvalue weighted by Crippen LogP contribution is -2.15. The van der Waals surface area contributed by atoms with Crippen LogP contribution in [0.3, 0.4) is 0 Å². The molecule has 0 atom stereocenters. The monoisotopic (exact) mass is 284 g/mol. The summed E-state index contributed by atoms with van der Waals surface area (Å²) in [6.07, 6.45) is 2.22. The van der Waals surface area contributed by atoms with Gasteiger partial charge in [-0.1, -0.05) is 31.5 Å². The second kappa shape index (κ2) is 7.38. The van der Waals surface area contributed by atoms with Gasteiger partial charge in [-0.3, -0.25) is 4.79 Å². The normalized spacial score (nSPS) is 10.2. The molecular weight excluding hydrogens is 264 g/mol. The van der Waals surface area contributed by atoms with E-state index < -0.39 is 0 Å². The van der Waals surface area contributed by atoms with Crippen molar-refractivity contribution < 1.29 is 4.79 Å². The number of amides is 1. The summed E-state index contributed by atoms with van der Waals surface area (Å²) in [5, 5.41) is 14.0. The smallest absolute Gasteiger partial charge is 0.257 e. The van der Waals surface area contributed by atoms with Crippen molar-refractivity contribution in [3.63, 3.8) is 0 Å². The zero-order valence-corrected chi connectivity index (χ0v) is 12.4. The fourth-order valence-electron chi connectivity index (χ4n) is 1.90. The Balaban J connectivity index is 1.97. The molecule has 21 heavy (non-hydrogen) atoms. The number of hydrogen-bond donors (Lipinski definition) is 2. The standard InChI is InChI=1S/C16H20N4O/c1-3-4-11-17-14-9-10-15(20-19-14)18-16(21)13-8-6-5-7-12(13)2/h5-10H,3-4,11H2,1-2H3,(H,17,19)(H,18,20,21). The van der Waals surface area contributed by atoms with Gasteiger partial charge in [0.15, 0.2) is 5.82 Å². The van der Waals surface area contributed by atoms with Gasteiger partial charge in [-0.05, 0) is 37.1 Å². The predicted molar refractivity (Wildman–Crippen MR) is 84.6 cm³/mol. The molecule has 0 fully saturated rings. The molecule has 2 rings (SSSR count). The van der Waals surface area contributed by atoms with Crippen molar-refractivity contribution in [3.8, 4) is 0 Å². The van der Waals surface area contributed by atoms with Crippen molar-refractivity contribution in [1.29, 1.82) is 0 Å². The predicted octanol–water partition coefficient (Wildman–Crippen LogP) is 3.25. The molecule has 0 unspecified atom stereocenters. The summed E-state index contributed by atoms with van der Waals surface area (Å²) in [5.41, 5.74) is 1.57. The summed E-state index contributed by atoms with van der Waals surface area (Å²) in [6.45, 7) is 4.92. The van der Waals surface area contributed by atoms with Gasteiger partial charge in [0.05, 0.1) is 0 Å². The molecule has 0 bridgehead atoms. The number of anilines is 2. The fraction of sp³-hybridized carbons (Fsp3) is 0.312. The van der Waals surface area contributed by atoms with Gasteiger partial charge in [0.2, 0.25) is 0 Å². The van der Waals surface area contributed by atoms with Gasteiger partial charge in [-0.2, -0.15) is 0 Å². The first-order valence-electron chi connectivity index (χ1n) is 7.15. The highest BCUT2D eigenvalue weighted by Crippen LogP contribution is 2.11. The van der Waals surface area contributed by atoms with Crippen LogP contribution in [0.5, 0.6) is 0 Å². The molecule has 0 saturated heterocycles. The number of nitrogens with zero attached hydrogens (tertiary/aromatic N) is 2. The van der Waals surface area contributed by atoms with Crippen LogP contribution in [0, 0.1) is 6.92 Å². The van der Waals surface area contributed by atoms with Crippen molar-refractivity contribution in [2.24, 2.45) is 0 Å². The van der Waals surface area contributed by atoms with Crippen LogP contribution in [0.1, 0.15) is 35.7 Å². The Hall–Kier alpha value is -2.43. The first-order valence-corrected chi connectivity index (χ1v) is 7.15. The summed E-state index contributed by atoms with van der Waals surface area (Å²) in [5.74, 6) is 0.996. The Morgan fingerprint density at radius 1 is 1.10 bits per heavy atom. The quantitative estimate of drug-likeness (QED) is 0.799. The van der Waals surface area contributed by atoms with Gasteiger partial charge in [0.1, 0.15) is 5.82 Å². The Morgan fingerprint density at radius 2 is 1.81 bits per heavy atom. The van der Waals surface area contributed by atoms with Crippen LogP contribution in [0.4, 0.5) is 11.6 Å². The number of aromatic nitrogens is 2. The first-order chi connectivity index (χ1) is 10.2. The maximum absolute atomic E-state index is 12.1. The number of carbonyl (C=O) groups excluding carboxylic acids is 1. The molecule has 0 aliphatic carbocycles. The van der Waals surface area contributed by atoms with E-state index in [1.165, 1.54) is 0 Å². The van der Waals surface area contributed by atoms with Gasteiger partial charge < -0.3 is 10.6 Å². The molecule has 0 spiro atoms. The molecule has 0 aliphatic rings. The van der Waals surface area contributed by atoms with Crippen LogP contribution >= 0.6 is 0 Å². The van der Waals surface area contributed by atoms with Gasteiger partial charge in [-0.25, -0.2) is 0 Å². The van der Waals surface area contributed by atoms with Crippen molar-refractivity contribution >= 4 is 17.5 Å². The van der Waals surface area contributed by atoms with E-state index in [0.29, 0.717) is 11.4 Å². The number of nitrogens with one attached hydrogen (secondary N) is 2. The average molecular weight is 284 g/mol. The molecule has 5 nitrogen and oxygen atoms in total. The van der Waals surface area contributed by atoms with Crippen LogP contribution in [-0.4, -0.2) is 22.6 Å². The SMILES string of the molecule is CCCCNc1ccc(NC(=O)c2ccccc2C)nn1. The highest BCUT2D eigenvalue weighted by atomic mass is 16.1. The third kappa shape index (κ3) is 4.27. The number of unbranched alkanes of at least 4 members (excludes halogenated alkanes) is 1. The Morgan fingerprint density at radius 3 is 2.48 bits per heavy atom. The minimum Gasteiger partial charge on any atom is -0.369 e. The molecule has 1 aromatic heterocycles. The third-order valence-electron chi connectivity index (χ3n) is 3.13. The van der Waals surface area contributed by atoms with Gasteiger partial charge >= 0.3 is 0 Å². The van der Waals surface area contributed by atoms with E-state index >= 15 is 0 Å². The van der Waals surface area contributed by atoms with Crippen LogP contribution in [0.2, 0.25) is 0 Å². The zero-order chi connectivity index (χ0) is 15.1. The highest BCUT2D eigenvalue weighted by Gasteiger charge is 2.09. The molecular formula is C16H20N4O. The van der Waals surface area contributed by atoms with E-state index in [0.717, 1.165) is 30.8 Å². The molecule has 1 aromatic carbocycles. The van der Waals surface area contributed by atoms with Crippen LogP contribution < -0.4 is 10.6 Å². The van der Waals surface area contributed by atoms with Crippen molar-refractivity contribution in [1.82, 2.24) is 10.2 Å². The summed E-state index contributed by atoms with van der Waals surface area (Å²) in [4.78, 5) is 12.1. The minimum absolute atomic E-state index is 0.172. The largest absolute Gasteiger partial charge is 0.369 e. The maximum Gasteiger partial charge on any atom is 0.257 e. The summed E-state index contributed by atoms with van der Waals surface area (Å²) < 4.78 is 0. The van der Waals surface area contributed by atoms with Crippen LogP contribution in [-0.2, 0) is 0 Å². The van der Waals surface area contributed by atoms with Crippen molar-refractivity contribution in [2.45, 2.75) is 26.7 Å². The van der Waals surface area contributed by atoms with Gasteiger partial charge in [0.25, 0.3) is 5.91 Å². The van der Waals surface area contributed by atoms with E-state index in [9.17, 15) is 4.79 Å². The molecule has 2 N–H and O–H groups in total. The van der Waals surface area contributed by atoms with E-state index in [1.807, 2.05) is 31.2 Å². The highest BCUT2D eigenvalue weighted by molar-refractivity contribution is 6.04. The number of carbonyl (C=O) groups is 1. The topological polar surface area (TPSA) is 66.9 Å². The number of rotatable bonds is 6. The van der Waals surface area contributed by atoms with E-state index in [1.54, 1.807) is 12.1 Å². The Kier molecular flexibility index (Phi) is 5.26. The van der Waals surface area contributed by atoms with E-state index in [4.69, 9.17) is 0 Å². The molecule has 1 heterocycles. The summed E-state index contributed by atoms with van der Waals surface area (Å²) >= 11 is 0. The number of hydrogen-bond acceptors (Lipinski definition) is 4. The Bertz CT molecular complexity index is 595. The lowest BCUT2D eigenvalue weighted by molar-refractivity contribution is 0.102. The molecule has 0 aliphatic heterocycles. The zero-order valence-electron chi connectivity index (χ0n) is 12.4. The molecule has 5 heteroatoms. The van der Waals surface area contributed by atoms with Crippen LogP contribution in [0.25, 0.3) is 0 Å². The van der Waals surface area contributed by atoms with Gasteiger partial charge in [0, 0.05) is 12.1 Å². The fourth-order valence-corrected chi connectivity index (χ4v) is 1.90. The lowest BCUT2D eigenvalue weighted by atomic mass is 10.1. The first kappa shape index (κ1) is 15.0. The summed E-state index contributed by atoms with van der Waals surface area (Å²) in [7, 11) is 0. The van der Waals surface area contributed by atoms with Crippen LogP contribution in [0.15, 0.2) is 36.4 Å². The minimum atomic E-state index is -0.172. The molecule has 110 valence electrons. The molecule has 0 radical (unpaired) electrons. The second-order valence-corrected chi connectivity index (χ2v) is 4.85. The van der Waals surface area contributed by atoms with Crippen molar-refractivity contribution in [2.75, 3.05) is 17.2 Å². The molecule has 0 saturated carbocycles. The molecule has 2 aromatic rings. The lowest BCUT2D eigenvalue weighted by Gasteiger charge is -2.07. The number of benzene rings is 1. The van der Waals surface area contributed by atoms with E-state index in [2.05, 4.69) is 27.8 Å². The van der Waals surface area contributed by atoms with E-state index in [-0.39, 0.29) is 5.91 Å². The van der Waals surface area contributed by atoms with Crippen molar-refractivity contribution in [3.05, 3.63) is 47.5 Å². The average Bonchev–Trinajstić information content (AvgIpc) is 2.49. The second-order valence-electron chi connectivity index (χ2n) is 4.85. The summed E-state index contributed by atoms with van der Waals surface area (Å²) in [6, 6.07) is 11.0. The Labute approximate surface area is 124 Å². The maximum atomic E-state index is 12.1. The number of aryl methyl sites for hydroxylation is 1. The van der Waals surface area contributed by atoms with Gasteiger partial charge in [-0.15, -0.1) is 10.2 Å². The third-order valence-corrected chi connectivity index (χ3v) is 3.13. The molecule has 1 amide bonds.